The minimum Gasteiger partial charge on any atom is -0.263 e. The van der Waals surface area contributed by atoms with Crippen LogP contribution >= 0.6 is 11.6 Å². The number of rotatable bonds is 5. The zero-order chi connectivity index (χ0) is 15.5. The van der Waals surface area contributed by atoms with Crippen LogP contribution in [0.2, 0.25) is 0 Å². The molecular formula is C14H16ClN3O2S. The molecule has 112 valence electrons. The van der Waals surface area contributed by atoms with E-state index in [-0.39, 0.29) is 16.6 Å². The van der Waals surface area contributed by atoms with E-state index < -0.39 is 10.0 Å². The van der Waals surface area contributed by atoms with Gasteiger partial charge >= 0.3 is 0 Å². The first kappa shape index (κ1) is 15.7. The zero-order valence-corrected chi connectivity index (χ0v) is 13.3. The van der Waals surface area contributed by atoms with Crippen molar-refractivity contribution in [1.82, 2.24) is 9.97 Å². The van der Waals surface area contributed by atoms with Gasteiger partial charge < -0.3 is 0 Å². The van der Waals surface area contributed by atoms with Gasteiger partial charge in [0.2, 0.25) is 0 Å². The fourth-order valence-electron chi connectivity index (χ4n) is 1.79. The van der Waals surface area contributed by atoms with Crippen LogP contribution in [0.25, 0.3) is 0 Å². The Bertz CT molecular complexity index is 735. The second-order valence-corrected chi connectivity index (χ2v) is 6.69. The van der Waals surface area contributed by atoms with Gasteiger partial charge in [0.15, 0.2) is 0 Å². The van der Waals surface area contributed by atoms with Crippen LogP contribution in [0.3, 0.4) is 0 Å². The molecule has 1 aromatic heterocycles. The van der Waals surface area contributed by atoms with Crippen molar-refractivity contribution in [2.75, 3.05) is 10.6 Å². The molecule has 0 aliphatic heterocycles. The Morgan fingerprint density at radius 3 is 2.67 bits per heavy atom. The highest BCUT2D eigenvalue weighted by Crippen LogP contribution is 2.19. The Morgan fingerprint density at radius 2 is 2.00 bits per heavy atom. The molecule has 21 heavy (non-hydrogen) atoms. The van der Waals surface area contributed by atoms with Crippen LogP contribution < -0.4 is 4.72 Å². The Labute approximate surface area is 129 Å². The summed E-state index contributed by atoms with van der Waals surface area (Å²) in [6.45, 7) is 3.62. The van der Waals surface area contributed by atoms with Crippen molar-refractivity contribution in [3.63, 3.8) is 0 Å². The predicted molar refractivity (Wildman–Crippen MR) is 83.2 cm³/mol. The van der Waals surface area contributed by atoms with E-state index in [2.05, 4.69) is 14.7 Å². The van der Waals surface area contributed by atoms with Gasteiger partial charge in [-0.25, -0.2) is 18.4 Å². The number of aryl methyl sites for hydroxylation is 1. The average Bonchev–Trinajstić information content (AvgIpc) is 2.46. The molecule has 5 nitrogen and oxygen atoms in total. The molecular weight excluding hydrogens is 310 g/mol. The first-order valence-electron chi connectivity index (χ1n) is 6.41. The van der Waals surface area contributed by atoms with Gasteiger partial charge in [0, 0.05) is 18.0 Å². The van der Waals surface area contributed by atoms with Gasteiger partial charge in [-0.05, 0) is 24.6 Å². The summed E-state index contributed by atoms with van der Waals surface area (Å²) < 4.78 is 27.2. The minimum absolute atomic E-state index is 0.0467. The lowest BCUT2D eigenvalue weighted by molar-refractivity contribution is 0.600. The van der Waals surface area contributed by atoms with E-state index in [0.717, 1.165) is 0 Å². The highest BCUT2D eigenvalue weighted by molar-refractivity contribution is 7.92. The van der Waals surface area contributed by atoms with Crippen LogP contribution in [0.5, 0.6) is 0 Å². The maximum atomic E-state index is 12.4. The van der Waals surface area contributed by atoms with E-state index >= 15 is 0 Å². The number of sulfonamides is 1. The monoisotopic (exact) mass is 325 g/mol. The molecule has 1 heterocycles. The quantitative estimate of drug-likeness (QED) is 0.858. The van der Waals surface area contributed by atoms with Crippen LogP contribution in [-0.4, -0.2) is 24.3 Å². The largest absolute Gasteiger partial charge is 0.263 e. The second-order valence-electron chi connectivity index (χ2n) is 4.73. The summed E-state index contributed by atoms with van der Waals surface area (Å²) in [5.74, 6) is 1.07. The molecule has 2 rings (SSSR count). The van der Waals surface area contributed by atoms with Crippen molar-refractivity contribution in [2.24, 2.45) is 0 Å². The van der Waals surface area contributed by atoms with Crippen molar-refractivity contribution >= 4 is 27.4 Å². The number of alkyl halides is 1. The maximum Gasteiger partial charge on any atom is 0.263 e. The summed E-state index contributed by atoms with van der Waals surface area (Å²) >= 11 is 5.77. The van der Waals surface area contributed by atoms with Gasteiger partial charge in [-0.2, -0.15) is 0 Å². The van der Waals surface area contributed by atoms with Crippen LogP contribution in [0.1, 0.15) is 24.2 Å². The molecule has 0 fully saturated rings. The highest BCUT2D eigenvalue weighted by Gasteiger charge is 2.17. The predicted octanol–water partition coefficient (Wildman–Crippen LogP) is 2.93. The van der Waals surface area contributed by atoms with Crippen LogP contribution in [0.4, 0.5) is 5.82 Å². The summed E-state index contributed by atoms with van der Waals surface area (Å²) in [5.41, 5.74) is 0.674. The molecule has 0 aliphatic carbocycles. The van der Waals surface area contributed by atoms with Crippen LogP contribution in [0, 0.1) is 6.92 Å². The topological polar surface area (TPSA) is 72.0 Å². The average molecular weight is 326 g/mol. The van der Waals surface area contributed by atoms with Crippen molar-refractivity contribution < 1.29 is 8.42 Å². The number of hydrogen-bond acceptors (Lipinski definition) is 4. The summed E-state index contributed by atoms with van der Waals surface area (Å²) in [6.07, 6.45) is 1.51. The Morgan fingerprint density at radius 1 is 1.29 bits per heavy atom. The van der Waals surface area contributed by atoms with Crippen molar-refractivity contribution in [2.45, 2.75) is 24.7 Å². The van der Waals surface area contributed by atoms with Gasteiger partial charge in [0.05, 0.1) is 4.90 Å². The molecule has 1 atom stereocenters. The summed E-state index contributed by atoms with van der Waals surface area (Å²) in [5, 5.41) is 0. The van der Waals surface area contributed by atoms with Crippen molar-refractivity contribution in [3.05, 3.63) is 47.9 Å². The number of nitrogens with zero attached hydrogens (tertiary/aromatic N) is 2. The number of nitrogens with one attached hydrogen (secondary N) is 1. The standard InChI is InChI=1S/C14H16ClN3O2S/c1-10-5-3-4-6-12(10)21(19,20)18-13-7-8-16-14(17-13)11(2)9-15/h3-8,11H,9H2,1-2H3,(H,16,17,18). The fraction of sp³-hybridized carbons (Fsp3) is 0.286. The molecule has 0 aliphatic rings. The minimum atomic E-state index is -3.67. The summed E-state index contributed by atoms with van der Waals surface area (Å²) in [7, 11) is -3.67. The second kappa shape index (κ2) is 6.41. The molecule has 0 saturated heterocycles. The van der Waals surface area contributed by atoms with Crippen LogP contribution in [-0.2, 0) is 10.0 Å². The molecule has 0 radical (unpaired) electrons. The van der Waals surface area contributed by atoms with Gasteiger partial charge in [-0.3, -0.25) is 4.72 Å². The molecule has 0 saturated carbocycles. The van der Waals surface area contributed by atoms with E-state index in [1.807, 2.05) is 6.92 Å². The van der Waals surface area contributed by atoms with Crippen LogP contribution in [0.15, 0.2) is 41.4 Å². The number of anilines is 1. The van der Waals surface area contributed by atoms with Crippen molar-refractivity contribution in [3.8, 4) is 0 Å². The fourth-order valence-corrected chi connectivity index (χ4v) is 3.17. The Hall–Kier alpha value is -1.66. The molecule has 0 bridgehead atoms. The number of halogens is 1. The molecule has 0 amide bonds. The molecule has 1 unspecified atom stereocenters. The molecule has 1 N–H and O–H groups in total. The zero-order valence-electron chi connectivity index (χ0n) is 11.7. The number of hydrogen-bond donors (Lipinski definition) is 1. The molecule has 1 aromatic carbocycles. The third-order valence-electron chi connectivity index (χ3n) is 2.97. The van der Waals surface area contributed by atoms with Crippen molar-refractivity contribution in [1.29, 1.82) is 0 Å². The van der Waals surface area contributed by atoms with E-state index in [0.29, 0.717) is 17.3 Å². The SMILES string of the molecule is Cc1ccccc1S(=O)(=O)Nc1ccnc(C(C)CCl)n1. The van der Waals surface area contributed by atoms with Gasteiger partial charge in [-0.1, -0.05) is 25.1 Å². The third-order valence-corrected chi connectivity index (χ3v) is 4.95. The lowest BCUT2D eigenvalue weighted by Crippen LogP contribution is -2.16. The lowest BCUT2D eigenvalue weighted by Gasteiger charge is -2.11. The molecule has 0 spiro atoms. The molecule has 2 aromatic rings. The van der Waals surface area contributed by atoms with Gasteiger partial charge in [0.25, 0.3) is 10.0 Å². The number of aromatic nitrogens is 2. The lowest BCUT2D eigenvalue weighted by atomic mass is 10.2. The van der Waals surface area contributed by atoms with Gasteiger partial charge in [0.1, 0.15) is 11.6 Å². The summed E-state index contributed by atoms with van der Waals surface area (Å²) in [4.78, 5) is 8.53. The first-order valence-corrected chi connectivity index (χ1v) is 8.43. The highest BCUT2D eigenvalue weighted by atomic mass is 35.5. The number of benzene rings is 1. The molecule has 7 heteroatoms. The third kappa shape index (κ3) is 3.71. The van der Waals surface area contributed by atoms with E-state index in [1.54, 1.807) is 31.2 Å². The van der Waals surface area contributed by atoms with Gasteiger partial charge in [-0.15, -0.1) is 11.6 Å². The smallest absolute Gasteiger partial charge is 0.263 e. The first-order chi connectivity index (χ1) is 9.94. The normalized spacial score (nSPS) is 12.9. The maximum absolute atomic E-state index is 12.4. The Balaban J connectivity index is 2.31. The Kier molecular flexibility index (Phi) is 4.80. The summed E-state index contributed by atoms with van der Waals surface area (Å²) in [6, 6.07) is 8.29. The van der Waals surface area contributed by atoms with E-state index in [9.17, 15) is 8.42 Å². The van der Waals surface area contributed by atoms with E-state index in [1.165, 1.54) is 12.3 Å². The van der Waals surface area contributed by atoms with E-state index in [4.69, 9.17) is 11.6 Å².